The lowest BCUT2D eigenvalue weighted by Gasteiger charge is -2.15. The average molecular weight is 480 g/mol. The summed E-state index contributed by atoms with van der Waals surface area (Å²) in [6, 6.07) is 24.3. The first-order valence-electron chi connectivity index (χ1n) is 7.93. The van der Waals surface area contributed by atoms with E-state index in [4.69, 9.17) is 14.2 Å². The van der Waals surface area contributed by atoms with E-state index in [2.05, 4.69) is 18.2 Å². The van der Waals surface area contributed by atoms with Gasteiger partial charge in [0, 0.05) is 0 Å². The zero-order chi connectivity index (χ0) is 17.6. The lowest BCUT2D eigenvalue weighted by molar-refractivity contribution is -0.00000605. The van der Waals surface area contributed by atoms with Crippen LogP contribution in [-0.4, -0.2) is 21.3 Å². The highest BCUT2D eigenvalue weighted by Gasteiger charge is 2.37. The monoisotopic (exact) mass is 480 g/mol. The van der Waals surface area contributed by atoms with Crippen molar-refractivity contribution in [2.75, 3.05) is 21.3 Å². The van der Waals surface area contributed by atoms with E-state index in [0.29, 0.717) is 0 Å². The molecule has 0 unspecified atom stereocenters. The van der Waals surface area contributed by atoms with Crippen molar-refractivity contribution in [1.29, 1.82) is 0 Å². The SMILES string of the molecule is COc1ccccc1[S+](c1ccccc1OC)c1ccccc1OC.[I-]. The van der Waals surface area contributed by atoms with Gasteiger partial charge in [0.05, 0.1) is 21.3 Å². The second kappa shape index (κ2) is 9.73. The smallest absolute Gasteiger partial charge is 0.208 e. The first-order chi connectivity index (χ1) is 12.3. The van der Waals surface area contributed by atoms with Crippen LogP contribution in [0.1, 0.15) is 0 Å². The minimum atomic E-state index is -0.424. The second-order valence-corrected chi connectivity index (χ2v) is 7.19. The summed E-state index contributed by atoms with van der Waals surface area (Å²) in [4.78, 5) is 3.29. The number of halogens is 1. The standard InChI is InChI=1S/C21H21O3S.HI/c1-22-16-10-4-7-13-19(16)25(20-14-8-5-11-17(20)23-2)21-15-9-6-12-18(21)24-3;/h4-15H,1-3H3;1H/q+1;/p-1. The summed E-state index contributed by atoms with van der Waals surface area (Å²) < 4.78 is 16.9. The van der Waals surface area contributed by atoms with E-state index in [0.717, 1.165) is 31.9 Å². The molecule has 0 N–H and O–H groups in total. The van der Waals surface area contributed by atoms with Crippen molar-refractivity contribution in [1.82, 2.24) is 0 Å². The third kappa shape index (κ3) is 4.10. The van der Waals surface area contributed by atoms with E-state index in [9.17, 15) is 0 Å². The minimum absolute atomic E-state index is 0. The molecule has 3 rings (SSSR count). The quantitative estimate of drug-likeness (QED) is 0.398. The molecule has 3 aromatic rings. The second-order valence-electron chi connectivity index (χ2n) is 5.26. The van der Waals surface area contributed by atoms with Crippen molar-refractivity contribution < 1.29 is 38.2 Å². The van der Waals surface area contributed by atoms with Crippen LogP contribution in [0.25, 0.3) is 0 Å². The summed E-state index contributed by atoms with van der Waals surface area (Å²) >= 11 is 0. The van der Waals surface area contributed by atoms with E-state index in [1.165, 1.54) is 0 Å². The molecule has 0 aliphatic heterocycles. The highest BCUT2D eigenvalue weighted by Crippen LogP contribution is 2.43. The third-order valence-corrected chi connectivity index (χ3v) is 6.20. The van der Waals surface area contributed by atoms with Gasteiger partial charge in [-0.1, -0.05) is 36.4 Å². The summed E-state index contributed by atoms with van der Waals surface area (Å²) in [6.07, 6.45) is 0. The Morgan fingerprint density at radius 1 is 0.500 bits per heavy atom. The van der Waals surface area contributed by atoms with E-state index in [-0.39, 0.29) is 24.0 Å². The van der Waals surface area contributed by atoms with Crippen molar-refractivity contribution in [3.8, 4) is 17.2 Å². The molecule has 0 atom stereocenters. The van der Waals surface area contributed by atoms with E-state index in [1.807, 2.05) is 54.6 Å². The Hall–Kier alpha value is -1.86. The first kappa shape index (κ1) is 20.5. The zero-order valence-electron chi connectivity index (χ0n) is 14.9. The largest absolute Gasteiger partial charge is 1.00 e. The van der Waals surface area contributed by atoms with Gasteiger partial charge in [0.1, 0.15) is 10.9 Å². The van der Waals surface area contributed by atoms with Gasteiger partial charge in [-0.15, -0.1) is 0 Å². The van der Waals surface area contributed by atoms with E-state index < -0.39 is 10.9 Å². The maximum absolute atomic E-state index is 5.64. The molecular weight excluding hydrogens is 459 g/mol. The van der Waals surface area contributed by atoms with Crippen LogP contribution in [0.5, 0.6) is 17.2 Å². The molecule has 0 saturated carbocycles. The van der Waals surface area contributed by atoms with Crippen LogP contribution in [0.4, 0.5) is 0 Å². The summed E-state index contributed by atoms with van der Waals surface area (Å²) in [5, 5.41) is 0. The minimum Gasteiger partial charge on any atom is -1.00 e. The predicted octanol–water partition coefficient (Wildman–Crippen LogP) is 1.81. The van der Waals surface area contributed by atoms with Gasteiger partial charge >= 0.3 is 0 Å². The number of para-hydroxylation sites is 3. The van der Waals surface area contributed by atoms with Gasteiger partial charge in [0.2, 0.25) is 14.7 Å². The Morgan fingerprint density at radius 3 is 1.04 bits per heavy atom. The molecule has 5 heteroatoms. The van der Waals surface area contributed by atoms with Gasteiger partial charge in [0.25, 0.3) is 0 Å². The van der Waals surface area contributed by atoms with Crippen molar-refractivity contribution in [3.63, 3.8) is 0 Å². The van der Waals surface area contributed by atoms with E-state index in [1.54, 1.807) is 21.3 Å². The van der Waals surface area contributed by atoms with Crippen LogP contribution in [-0.2, 0) is 10.9 Å². The molecule has 136 valence electrons. The van der Waals surface area contributed by atoms with Gasteiger partial charge in [-0.05, 0) is 36.4 Å². The normalized spacial score (nSPS) is 10.2. The number of hydrogen-bond donors (Lipinski definition) is 0. The van der Waals surface area contributed by atoms with Crippen LogP contribution in [0, 0.1) is 0 Å². The average Bonchev–Trinajstić information content (AvgIpc) is 2.69. The molecule has 0 saturated heterocycles. The summed E-state index contributed by atoms with van der Waals surface area (Å²) in [5.41, 5.74) is 0. The van der Waals surface area contributed by atoms with Gasteiger partial charge < -0.3 is 38.2 Å². The molecular formula is C21H21IO3S. The topological polar surface area (TPSA) is 27.7 Å². The molecule has 0 aliphatic rings. The van der Waals surface area contributed by atoms with Crippen LogP contribution >= 0.6 is 0 Å². The maximum atomic E-state index is 5.64. The molecule has 0 spiro atoms. The molecule has 3 nitrogen and oxygen atoms in total. The molecule has 0 amide bonds. The Morgan fingerprint density at radius 2 is 0.769 bits per heavy atom. The molecule has 0 fully saturated rings. The summed E-state index contributed by atoms with van der Waals surface area (Å²) in [6.45, 7) is 0. The highest BCUT2D eigenvalue weighted by molar-refractivity contribution is 7.97. The fraction of sp³-hybridized carbons (Fsp3) is 0.143. The molecule has 3 aromatic carbocycles. The Bertz CT molecular complexity index is 741. The van der Waals surface area contributed by atoms with Crippen molar-refractivity contribution in [2.24, 2.45) is 0 Å². The predicted molar refractivity (Wildman–Crippen MR) is 101 cm³/mol. The number of benzene rings is 3. The lowest BCUT2D eigenvalue weighted by Crippen LogP contribution is -3.00. The Balaban J connectivity index is 0.00000243. The van der Waals surface area contributed by atoms with Crippen LogP contribution in [0.15, 0.2) is 87.5 Å². The van der Waals surface area contributed by atoms with E-state index >= 15 is 0 Å². The molecule has 0 radical (unpaired) electrons. The van der Waals surface area contributed by atoms with Crippen molar-refractivity contribution in [3.05, 3.63) is 72.8 Å². The number of hydrogen-bond acceptors (Lipinski definition) is 3. The highest BCUT2D eigenvalue weighted by atomic mass is 127. The zero-order valence-corrected chi connectivity index (χ0v) is 17.9. The Labute approximate surface area is 174 Å². The Kier molecular flexibility index (Phi) is 7.66. The van der Waals surface area contributed by atoms with Crippen LogP contribution in [0.3, 0.4) is 0 Å². The van der Waals surface area contributed by atoms with Crippen molar-refractivity contribution in [2.45, 2.75) is 14.7 Å². The third-order valence-electron chi connectivity index (χ3n) is 3.87. The van der Waals surface area contributed by atoms with Gasteiger partial charge in [-0.25, -0.2) is 0 Å². The number of rotatable bonds is 6. The van der Waals surface area contributed by atoms with Gasteiger partial charge in [-0.2, -0.15) is 0 Å². The van der Waals surface area contributed by atoms with Crippen LogP contribution in [0.2, 0.25) is 0 Å². The fourth-order valence-corrected chi connectivity index (χ4v) is 5.13. The van der Waals surface area contributed by atoms with Gasteiger partial charge in [0.15, 0.2) is 17.2 Å². The maximum Gasteiger partial charge on any atom is 0.208 e. The lowest BCUT2D eigenvalue weighted by atomic mass is 10.3. The molecule has 26 heavy (non-hydrogen) atoms. The molecule has 0 heterocycles. The molecule has 0 aliphatic carbocycles. The molecule has 0 bridgehead atoms. The first-order valence-corrected chi connectivity index (χ1v) is 9.16. The number of methoxy groups -OCH3 is 3. The van der Waals surface area contributed by atoms with Crippen LogP contribution < -0.4 is 38.2 Å². The van der Waals surface area contributed by atoms with Crippen molar-refractivity contribution >= 4 is 10.9 Å². The summed E-state index contributed by atoms with van der Waals surface area (Å²) in [5.74, 6) is 2.55. The summed E-state index contributed by atoms with van der Waals surface area (Å²) in [7, 11) is 4.67. The van der Waals surface area contributed by atoms with Gasteiger partial charge in [-0.3, -0.25) is 0 Å². The molecule has 0 aromatic heterocycles. The fourth-order valence-electron chi connectivity index (χ4n) is 2.72. The number of ether oxygens (including phenoxy) is 3.